The van der Waals surface area contributed by atoms with Crippen LogP contribution >= 0.6 is 0 Å². The molecular weight excluding hydrogens is 338 g/mol. The lowest BCUT2D eigenvalue weighted by atomic mass is 10.1. The van der Waals surface area contributed by atoms with Crippen molar-refractivity contribution in [1.29, 1.82) is 0 Å². The molecule has 2 aromatic carbocycles. The van der Waals surface area contributed by atoms with E-state index < -0.39 is 0 Å². The van der Waals surface area contributed by atoms with Crippen LogP contribution in [0.15, 0.2) is 48.5 Å². The van der Waals surface area contributed by atoms with Crippen LogP contribution in [0.1, 0.15) is 16.7 Å². The average Bonchev–Trinajstić information content (AvgIpc) is 2.69. The van der Waals surface area contributed by atoms with Crippen LogP contribution in [0.4, 0.5) is 4.79 Å². The summed E-state index contributed by atoms with van der Waals surface area (Å²) in [5.74, 6) is 0.851. The minimum absolute atomic E-state index is 0.0353. The number of aryl methyl sites for hydroxylation is 1. The number of hydrogen-bond donors (Lipinski definition) is 1. The van der Waals surface area contributed by atoms with Gasteiger partial charge >= 0.3 is 6.03 Å². The molecule has 0 spiro atoms. The van der Waals surface area contributed by atoms with E-state index >= 15 is 0 Å². The number of carbonyl (C=O) groups excluding carboxylic acids is 1. The third-order valence-corrected chi connectivity index (χ3v) is 4.97. The molecule has 0 bridgehead atoms. The number of methoxy groups -OCH3 is 1. The maximum atomic E-state index is 12.4. The van der Waals surface area contributed by atoms with Crippen molar-refractivity contribution in [2.75, 3.05) is 39.8 Å². The van der Waals surface area contributed by atoms with Crippen molar-refractivity contribution in [2.45, 2.75) is 19.9 Å². The monoisotopic (exact) mass is 367 g/mol. The molecule has 2 aromatic rings. The maximum absolute atomic E-state index is 12.4. The van der Waals surface area contributed by atoms with Crippen molar-refractivity contribution in [3.05, 3.63) is 65.2 Å². The van der Waals surface area contributed by atoms with Gasteiger partial charge in [-0.05, 0) is 36.6 Å². The zero-order chi connectivity index (χ0) is 19.1. The van der Waals surface area contributed by atoms with Gasteiger partial charge in [0.2, 0.25) is 0 Å². The Balaban J connectivity index is 1.39. The Hall–Kier alpha value is -2.53. The molecule has 1 aliphatic heterocycles. The Morgan fingerprint density at radius 2 is 1.78 bits per heavy atom. The van der Waals surface area contributed by atoms with Gasteiger partial charge < -0.3 is 15.0 Å². The Bertz CT molecular complexity index is 755. The van der Waals surface area contributed by atoms with Gasteiger partial charge in [-0.3, -0.25) is 4.90 Å². The van der Waals surface area contributed by atoms with E-state index in [4.69, 9.17) is 4.74 Å². The van der Waals surface area contributed by atoms with Crippen LogP contribution < -0.4 is 10.1 Å². The highest BCUT2D eigenvalue weighted by Crippen LogP contribution is 2.13. The van der Waals surface area contributed by atoms with E-state index in [0.717, 1.165) is 50.5 Å². The Morgan fingerprint density at radius 3 is 2.52 bits per heavy atom. The van der Waals surface area contributed by atoms with E-state index in [0.29, 0.717) is 6.54 Å². The number of hydrogen-bond acceptors (Lipinski definition) is 3. The predicted molar refractivity (Wildman–Crippen MR) is 108 cm³/mol. The van der Waals surface area contributed by atoms with E-state index in [1.807, 2.05) is 23.1 Å². The average molecular weight is 367 g/mol. The van der Waals surface area contributed by atoms with Gasteiger partial charge in [0.1, 0.15) is 5.75 Å². The SMILES string of the molecule is COc1cccc(CCNC(=O)N2CCN(Cc3cccc(C)c3)CC2)c1. The van der Waals surface area contributed by atoms with Gasteiger partial charge in [-0.25, -0.2) is 4.79 Å². The number of rotatable bonds is 6. The summed E-state index contributed by atoms with van der Waals surface area (Å²) in [5, 5.41) is 3.04. The molecule has 0 aromatic heterocycles. The molecule has 0 radical (unpaired) electrons. The highest BCUT2D eigenvalue weighted by Gasteiger charge is 2.20. The third-order valence-electron chi connectivity index (χ3n) is 4.97. The van der Waals surface area contributed by atoms with Crippen LogP contribution in [-0.4, -0.2) is 55.7 Å². The zero-order valence-corrected chi connectivity index (χ0v) is 16.3. The molecule has 1 fully saturated rings. The minimum Gasteiger partial charge on any atom is -0.497 e. The summed E-state index contributed by atoms with van der Waals surface area (Å²) in [7, 11) is 1.67. The topological polar surface area (TPSA) is 44.8 Å². The maximum Gasteiger partial charge on any atom is 0.317 e. The van der Waals surface area contributed by atoms with Crippen LogP contribution in [0, 0.1) is 6.92 Å². The third kappa shape index (κ3) is 5.73. The molecule has 1 saturated heterocycles. The van der Waals surface area contributed by atoms with Gasteiger partial charge in [0, 0.05) is 39.3 Å². The van der Waals surface area contributed by atoms with Gasteiger partial charge in [-0.15, -0.1) is 0 Å². The van der Waals surface area contributed by atoms with Crippen LogP contribution in [0.3, 0.4) is 0 Å². The van der Waals surface area contributed by atoms with E-state index in [2.05, 4.69) is 47.5 Å². The standard InChI is InChI=1S/C22H29N3O2/c1-18-5-3-7-20(15-18)17-24-11-13-25(14-12-24)22(26)23-10-9-19-6-4-8-21(16-19)27-2/h3-8,15-16H,9-14,17H2,1-2H3,(H,23,26). The highest BCUT2D eigenvalue weighted by atomic mass is 16.5. The lowest BCUT2D eigenvalue weighted by Gasteiger charge is -2.34. The molecule has 5 nitrogen and oxygen atoms in total. The second-order valence-corrected chi connectivity index (χ2v) is 7.09. The fourth-order valence-corrected chi connectivity index (χ4v) is 3.43. The number of piperazine rings is 1. The molecule has 0 unspecified atom stereocenters. The second-order valence-electron chi connectivity index (χ2n) is 7.09. The number of urea groups is 1. The molecule has 3 rings (SSSR count). The van der Waals surface area contributed by atoms with Crippen LogP contribution in [0.25, 0.3) is 0 Å². The largest absolute Gasteiger partial charge is 0.497 e. The van der Waals surface area contributed by atoms with Gasteiger partial charge in [-0.1, -0.05) is 42.0 Å². The van der Waals surface area contributed by atoms with Crippen molar-refractivity contribution >= 4 is 6.03 Å². The molecule has 5 heteroatoms. The smallest absolute Gasteiger partial charge is 0.317 e. The summed E-state index contributed by atoms with van der Waals surface area (Å²) < 4.78 is 5.24. The fourth-order valence-electron chi connectivity index (χ4n) is 3.43. The van der Waals surface area contributed by atoms with Crippen LogP contribution in [0.2, 0.25) is 0 Å². The number of nitrogens with one attached hydrogen (secondary N) is 1. The van der Waals surface area contributed by atoms with E-state index in [9.17, 15) is 4.79 Å². The molecule has 144 valence electrons. The molecule has 1 heterocycles. The molecule has 27 heavy (non-hydrogen) atoms. The Kier molecular flexibility index (Phi) is 6.71. The minimum atomic E-state index is 0.0353. The summed E-state index contributed by atoms with van der Waals surface area (Å²) in [5.41, 5.74) is 3.80. The number of benzene rings is 2. The molecule has 2 amide bonds. The van der Waals surface area contributed by atoms with Crippen LogP contribution in [0.5, 0.6) is 5.75 Å². The zero-order valence-electron chi connectivity index (χ0n) is 16.3. The summed E-state index contributed by atoms with van der Waals surface area (Å²) in [6, 6.07) is 16.6. The van der Waals surface area contributed by atoms with E-state index in [1.165, 1.54) is 11.1 Å². The lowest BCUT2D eigenvalue weighted by Crippen LogP contribution is -2.51. The predicted octanol–water partition coefficient (Wildman–Crippen LogP) is 3.07. The van der Waals surface area contributed by atoms with Crippen molar-refractivity contribution in [2.24, 2.45) is 0 Å². The number of carbonyl (C=O) groups is 1. The summed E-state index contributed by atoms with van der Waals surface area (Å²) >= 11 is 0. The molecule has 0 saturated carbocycles. The lowest BCUT2D eigenvalue weighted by molar-refractivity contribution is 0.135. The van der Waals surface area contributed by atoms with Crippen molar-refractivity contribution in [1.82, 2.24) is 15.1 Å². The first-order valence-corrected chi connectivity index (χ1v) is 9.57. The Morgan fingerprint density at radius 1 is 1.04 bits per heavy atom. The van der Waals surface area contributed by atoms with Crippen molar-refractivity contribution in [3.8, 4) is 5.75 Å². The summed E-state index contributed by atoms with van der Waals surface area (Å²) in [6.07, 6.45) is 0.802. The second kappa shape index (κ2) is 9.42. The summed E-state index contributed by atoms with van der Waals surface area (Å²) in [6.45, 7) is 7.09. The normalized spacial score (nSPS) is 14.8. The molecule has 0 atom stereocenters. The number of amides is 2. The van der Waals surface area contributed by atoms with Crippen molar-refractivity contribution < 1.29 is 9.53 Å². The molecule has 1 aliphatic rings. The fraction of sp³-hybridized carbons (Fsp3) is 0.409. The van der Waals surface area contributed by atoms with Gasteiger partial charge in [0.05, 0.1) is 7.11 Å². The molecule has 0 aliphatic carbocycles. The van der Waals surface area contributed by atoms with Gasteiger partial charge in [0.25, 0.3) is 0 Å². The summed E-state index contributed by atoms with van der Waals surface area (Å²) in [4.78, 5) is 16.7. The molecular formula is C22H29N3O2. The first-order chi connectivity index (χ1) is 13.1. The van der Waals surface area contributed by atoms with E-state index in [-0.39, 0.29) is 6.03 Å². The quantitative estimate of drug-likeness (QED) is 0.853. The first kappa shape index (κ1) is 19.2. The highest BCUT2D eigenvalue weighted by molar-refractivity contribution is 5.74. The van der Waals surface area contributed by atoms with E-state index in [1.54, 1.807) is 7.11 Å². The van der Waals surface area contributed by atoms with Crippen LogP contribution in [-0.2, 0) is 13.0 Å². The van der Waals surface area contributed by atoms with Crippen molar-refractivity contribution in [3.63, 3.8) is 0 Å². The molecule has 1 N–H and O–H groups in total. The first-order valence-electron chi connectivity index (χ1n) is 9.57. The number of ether oxygens (including phenoxy) is 1. The van der Waals surface area contributed by atoms with Gasteiger partial charge in [0.15, 0.2) is 0 Å². The number of nitrogens with zero attached hydrogens (tertiary/aromatic N) is 2. The van der Waals surface area contributed by atoms with Gasteiger partial charge in [-0.2, -0.15) is 0 Å². The Labute approximate surface area is 161 Å².